The number of imidazole rings is 1. The van der Waals surface area contributed by atoms with Crippen molar-refractivity contribution in [3.05, 3.63) is 29.0 Å². The lowest BCUT2D eigenvalue weighted by atomic mass is 10.1. The molecule has 0 amide bonds. The molecule has 0 aliphatic rings. The Balaban J connectivity index is 2.33. The van der Waals surface area contributed by atoms with E-state index in [4.69, 9.17) is 16.3 Å². The molecule has 1 aromatic heterocycles. The summed E-state index contributed by atoms with van der Waals surface area (Å²) in [6, 6.07) is 5.64. The van der Waals surface area contributed by atoms with Crippen LogP contribution in [0.5, 0.6) is 0 Å². The Bertz CT molecular complexity index is 505. The van der Waals surface area contributed by atoms with Gasteiger partial charge in [0, 0.05) is 18.6 Å². The number of hydrogen-bond acceptors (Lipinski definition) is 2. The highest BCUT2D eigenvalue weighted by molar-refractivity contribution is 6.31. The monoisotopic (exact) mass is 238 g/mol. The van der Waals surface area contributed by atoms with Crippen molar-refractivity contribution in [1.82, 2.24) is 9.97 Å². The summed E-state index contributed by atoms with van der Waals surface area (Å²) in [6.07, 6.45) is 0.746. The molecule has 16 heavy (non-hydrogen) atoms. The van der Waals surface area contributed by atoms with Crippen LogP contribution in [0.2, 0.25) is 5.02 Å². The number of hydrogen-bond donors (Lipinski definition) is 1. The Morgan fingerprint density at radius 2 is 2.19 bits per heavy atom. The number of fused-ring (bicyclic) bond motifs is 1. The van der Waals surface area contributed by atoms with Crippen molar-refractivity contribution in [3.63, 3.8) is 0 Å². The van der Waals surface area contributed by atoms with E-state index in [1.807, 2.05) is 32.0 Å². The summed E-state index contributed by atoms with van der Waals surface area (Å²) in [7, 11) is 1.71. The van der Waals surface area contributed by atoms with E-state index in [2.05, 4.69) is 9.97 Å². The Kier molecular flexibility index (Phi) is 2.91. The van der Waals surface area contributed by atoms with Crippen LogP contribution in [0, 0.1) is 0 Å². The van der Waals surface area contributed by atoms with Crippen LogP contribution >= 0.6 is 11.6 Å². The van der Waals surface area contributed by atoms with Crippen molar-refractivity contribution < 1.29 is 4.74 Å². The van der Waals surface area contributed by atoms with Crippen LogP contribution in [0.1, 0.15) is 19.7 Å². The molecule has 4 heteroatoms. The van der Waals surface area contributed by atoms with Gasteiger partial charge in [-0.1, -0.05) is 11.6 Å². The van der Waals surface area contributed by atoms with Crippen molar-refractivity contribution >= 4 is 22.6 Å². The van der Waals surface area contributed by atoms with Gasteiger partial charge in [0.25, 0.3) is 0 Å². The van der Waals surface area contributed by atoms with Crippen molar-refractivity contribution in [3.8, 4) is 0 Å². The van der Waals surface area contributed by atoms with Crippen LogP contribution in [0.25, 0.3) is 11.0 Å². The van der Waals surface area contributed by atoms with Gasteiger partial charge in [-0.15, -0.1) is 0 Å². The molecule has 0 bridgehead atoms. The Labute approximate surface area is 99.8 Å². The number of methoxy groups -OCH3 is 1. The van der Waals surface area contributed by atoms with Crippen molar-refractivity contribution in [1.29, 1.82) is 0 Å². The minimum Gasteiger partial charge on any atom is -0.378 e. The van der Waals surface area contributed by atoms with Gasteiger partial charge in [0.2, 0.25) is 0 Å². The number of H-pyrrole nitrogens is 1. The van der Waals surface area contributed by atoms with Crippen LogP contribution in [0.15, 0.2) is 18.2 Å². The van der Waals surface area contributed by atoms with Gasteiger partial charge >= 0.3 is 0 Å². The third-order valence-electron chi connectivity index (χ3n) is 2.64. The van der Waals surface area contributed by atoms with E-state index >= 15 is 0 Å². The molecule has 1 N–H and O–H groups in total. The molecule has 0 spiro atoms. The first-order chi connectivity index (χ1) is 7.50. The molecule has 0 unspecified atom stereocenters. The van der Waals surface area contributed by atoms with E-state index < -0.39 is 0 Å². The summed E-state index contributed by atoms with van der Waals surface area (Å²) in [5.74, 6) is 0.920. The third-order valence-corrected chi connectivity index (χ3v) is 2.87. The first-order valence-corrected chi connectivity index (χ1v) is 5.57. The van der Waals surface area contributed by atoms with Crippen LogP contribution in [0.4, 0.5) is 0 Å². The zero-order valence-electron chi connectivity index (χ0n) is 9.67. The summed E-state index contributed by atoms with van der Waals surface area (Å²) in [4.78, 5) is 7.74. The number of aromatic amines is 1. The molecule has 2 aromatic rings. The molecule has 0 atom stereocenters. The first-order valence-electron chi connectivity index (χ1n) is 5.19. The number of halogens is 1. The predicted octanol–water partition coefficient (Wildman–Crippen LogP) is 3.18. The molecule has 3 nitrogen and oxygen atoms in total. The van der Waals surface area contributed by atoms with E-state index in [1.165, 1.54) is 0 Å². The van der Waals surface area contributed by atoms with Crippen molar-refractivity contribution in [2.24, 2.45) is 0 Å². The van der Waals surface area contributed by atoms with E-state index in [0.29, 0.717) is 5.02 Å². The van der Waals surface area contributed by atoms with Crippen LogP contribution in [-0.4, -0.2) is 22.7 Å². The highest BCUT2D eigenvalue weighted by Gasteiger charge is 2.19. The van der Waals surface area contributed by atoms with Gasteiger partial charge in [-0.3, -0.25) is 0 Å². The fraction of sp³-hybridized carbons (Fsp3) is 0.417. The molecule has 0 aliphatic heterocycles. The molecule has 0 saturated carbocycles. The van der Waals surface area contributed by atoms with E-state index in [9.17, 15) is 0 Å². The molecule has 1 aromatic carbocycles. The van der Waals surface area contributed by atoms with Gasteiger partial charge in [0.15, 0.2) is 0 Å². The minimum atomic E-state index is -0.211. The number of aromatic nitrogens is 2. The van der Waals surface area contributed by atoms with Gasteiger partial charge in [0.1, 0.15) is 5.82 Å². The number of nitrogens with one attached hydrogen (secondary N) is 1. The second kappa shape index (κ2) is 4.07. The third kappa shape index (κ3) is 2.36. The summed E-state index contributed by atoms with van der Waals surface area (Å²) >= 11 is 5.92. The van der Waals surface area contributed by atoms with Gasteiger partial charge in [0.05, 0.1) is 16.6 Å². The molecular formula is C12H15ClN2O. The normalized spacial score (nSPS) is 12.2. The van der Waals surface area contributed by atoms with Crippen LogP contribution in [-0.2, 0) is 11.2 Å². The van der Waals surface area contributed by atoms with Gasteiger partial charge < -0.3 is 9.72 Å². The summed E-state index contributed by atoms with van der Waals surface area (Å²) in [5.41, 5.74) is 1.69. The van der Waals surface area contributed by atoms with Gasteiger partial charge in [-0.2, -0.15) is 0 Å². The van der Waals surface area contributed by atoms with Gasteiger partial charge in [-0.05, 0) is 32.0 Å². The quantitative estimate of drug-likeness (QED) is 0.892. The lowest BCUT2D eigenvalue weighted by Crippen LogP contribution is -2.26. The SMILES string of the molecule is COC(C)(C)Cc1nc2ccc(Cl)cc2[nH]1. The van der Waals surface area contributed by atoms with Crippen LogP contribution in [0.3, 0.4) is 0 Å². The largest absolute Gasteiger partial charge is 0.378 e. The summed E-state index contributed by atoms with van der Waals surface area (Å²) in [5, 5.41) is 0.716. The lowest BCUT2D eigenvalue weighted by molar-refractivity contribution is 0.0218. The highest BCUT2D eigenvalue weighted by Crippen LogP contribution is 2.20. The smallest absolute Gasteiger partial charge is 0.110 e. The van der Waals surface area contributed by atoms with E-state index in [-0.39, 0.29) is 5.60 Å². The second-order valence-electron chi connectivity index (χ2n) is 4.49. The molecular weight excluding hydrogens is 224 g/mol. The van der Waals surface area contributed by atoms with Gasteiger partial charge in [-0.25, -0.2) is 4.98 Å². The average molecular weight is 239 g/mol. The van der Waals surface area contributed by atoms with E-state index in [0.717, 1.165) is 23.3 Å². The Hall–Kier alpha value is -1.06. The molecule has 86 valence electrons. The zero-order chi connectivity index (χ0) is 11.8. The molecule has 1 heterocycles. The zero-order valence-corrected chi connectivity index (χ0v) is 10.4. The predicted molar refractivity (Wildman–Crippen MR) is 65.9 cm³/mol. The molecule has 0 aliphatic carbocycles. The number of benzene rings is 1. The fourth-order valence-corrected chi connectivity index (χ4v) is 1.77. The van der Waals surface area contributed by atoms with Crippen LogP contribution < -0.4 is 0 Å². The maximum atomic E-state index is 5.92. The van der Waals surface area contributed by atoms with Crippen molar-refractivity contribution in [2.75, 3.05) is 7.11 Å². The fourth-order valence-electron chi connectivity index (χ4n) is 1.59. The van der Waals surface area contributed by atoms with Crippen molar-refractivity contribution in [2.45, 2.75) is 25.9 Å². The highest BCUT2D eigenvalue weighted by atomic mass is 35.5. The topological polar surface area (TPSA) is 37.9 Å². The maximum Gasteiger partial charge on any atom is 0.110 e. The average Bonchev–Trinajstić information content (AvgIpc) is 2.58. The number of ether oxygens (including phenoxy) is 1. The standard InChI is InChI=1S/C12H15ClN2O/c1-12(2,16-3)7-11-14-9-5-4-8(13)6-10(9)15-11/h4-6H,7H2,1-3H3,(H,14,15). The van der Waals surface area contributed by atoms with E-state index in [1.54, 1.807) is 7.11 Å². The summed E-state index contributed by atoms with van der Waals surface area (Å²) in [6.45, 7) is 4.07. The second-order valence-corrected chi connectivity index (χ2v) is 4.92. The number of rotatable bonds is 3. The summed E-state index contributed by atoms with van der Waals surface area (Å²) < 4.78 is 5.38. The molecule has 2 rings (SSSR count). The lowest BCUT2D eigenvalue weighted by Gasteiger charge is -2.21. The molecule has 0 fully saturated rings. The Morgan fingerprint density at radius 1 is 1.44 bits per heavy atom. The molecule has 0 saturated heterocycles. The minimum absolute atomic E-state index is 0.211. The molecule has 0 radical (unpaired) electrons. The Morgan fingerprint density at radius 3 is 2.88 bits per heavy atom. The maximum absolute atomic E-state index is 5.92. The first kappa shape index (κ1) is 11.4. The number of nitrogens with zero attached hydrogens (tertiary/aromatic N) is 1.